The Balaban J connectivity index is 3.44. The molecule has 0 aliphatic rings. The molecule has 0 radical (unpaired) electrons. The zero-order valence-corrected chi connectivity index (χ0v) is 12.9. The van der Waals surface area contributed by atoms with Gasteiger partial charge < -0.3 is 10.3 Å². The van der Waals surface area contributed by atoms with Crippen LogP contribution in [0.1, 0.15) is 31.7 Å². The molecule has 9 heteroatoms. The summed E-state index contributed by atoms with van der Waals surface area (Å²) < 4.78 is 34.8. The Morgan fingerprint density at radius 1 is 1.50 bits per heavy atom. The number of hydrogen-bond donors (Lipinski definition) is 2. The average molecular weight is 332 g/mol. The molecule has 0 spiro atoms. The number of benzene rings is 1. The molecular formula is C13H17FN2O5S. The number of nitrogens with zero attached hydrogens (tertiary/aromatic N) is 1. The van der Waals surface area contributed by atoms with Gasteiger partial charge in [-0.1, -0.05) is 13.8 Å². The monoisotopic (exact) mass is 332 g/mol. The van der Waals surface area contributed by atoms with Gasteiger partial charge in [0, 0.05) is 18.1 Å². The minimum absolute atomic E-state index is 0.0472. The molecule has 0 bridgehead atoms. The number of rotatable bonds is 7. The van der Waals surface area contributed by atoms with Crippen molar-refractivity contribution >= 4 is 22.7 Å². The Morgan fingerprint density at radius 2 is 2.09 bits per heavy atom. The number of carbonyl (C=O) groups excluding carboxylic acids is 1. The average Bonchev–Trinajstić information content (AvgIpc) is 2.36. The topological polar surface area (TPSA) is 124 Å². The summed E-state index contributed by atoms with van der Waals surface area (Å²) in [6.07, 6.45) is 0.179. The predicted molar refractivity (Wildman–Crippen MR) is 79.0 cm³/mol. The van der Waals surface area contributed by atoms with E-state index in [9.17, 15) is 28.1 Å². The molecule has 0 aromatic heterocycles. The van der Waals surface area contributed by atoms with Gasteiger partial charge in [0.25, 0.3) is 5.69 Å². The van der Waals surface area contributed by atoms with Crippen LogP contribution in [0.2, 0.25) is 0 Å². The zero-order chi connectivity index (χ0) is 17.0. The first-order valence-electron chi connectivity index (χ1n) is 6.48. The number of hydrogen-bond acceptors (Lipinski definition) is 4. The molecule has 3 unspecified atom stereocenters. The van der Waals surface area contributed by atoms with Crippen molar-refractivity contribution in [2.24, 2.45) is 11.7 Å². The van der Waals surface area contributed by atoms with Crippen LogP contribution in [0.5, 0.6) is 0 Å². The minimum atomic E-state index is -2.62. The molecule has 0 saturated heterocycles. The van der Waals surface area contributed by atoms with Crippen LogP contribution in [-0.2, 0) is 15.9 Å². The fraction of sp³-hybridized carbons (Fsp3) is 0.462. The van der Waals surface area contributed by atoms with Gasteiger partial charge in [0.15, 0.2) is 11.1 Å². The highest BCUT2D eigenvalue weighted by Crippen LogP contribution is 2.33. The molecule has 122 valence electrons. The van der Waals surface area contributed by atoms with Gasteiger partial charge in [-0.2, -0.15) is 0 Å². The second-order valence-electron chi connectivity index (χ2n) is 5.30. The van der Waals surface area contributed by atoms with Crippen LogP contribution in [0.4, 0.5) is 10.1 Å². The van der Waals surface area contributed by atoms with E-state index in [0.717, 1.165) is 18.2 Å². The maximum atomic E-state index is 14.1. The van der Waals surface area contributed by atoms with Gasteiger partial charge in [0.1, 0.15) is 11.1 Å². The van der Waals surface area contributed by atoms with Crippen LogP contribution in [-0.4, -0.2) is 24.8 Å². The standard InChI is InChI=1S/C13H17FN2O5S/c1-7(2)5-10(12(13(15)17)22(20)21)9-6-8(16(18)19)3-4-11(9)14/h3-4,6-7,10,12H,5H2,1-2H3,(H2,15,17)(H,20,21). The summed E-state index contributed by atoms with van der Waals surface area (Å²) in [6, 6.07) is 2.87. The summed E-state index contributed by atoms with van der Waals surface area (Å²) >= 11 is -2.62. The molecule has 22 heavy (non-hydrogen) atoms. The predicted octanol–water partition coefficient (Wildman–Crippen LogP) is 1.94. The number of nitro groups is 1. The Kier molecular flexibility index (Phi) is 6.12. The normalized spacial score (nSPS) is 15.3. The number of non-ortho nitro benzene ring substituents is 1. The van der Waals surface area contributed by atoms with E-state index in [4.69, 9.17) is 5.73 Å². The molecule has 3 atom stereocenters. The third-order valence-electron chi connectivity index (χ3n) is 3.18. The van der Waals surface area contributed by atoms with Crippen molar-refractivity contribution in [1.82, 2.24) is 0 Å². The van der Waals surface area contributed by atoms with Crippen molar-refractivity contribution in [3.05, 3.63) is 39.7 Å². The summed E-state index contributed by atoms with van der Waals surface area (Å²) in [6.45, 7) is 3.56. The first-order valence-corrected chi connectivity index (χ1v) is 7.65. The second-order valence-corrected chi connectivity index (χ2v) is 6.36. The fourth-order valence-electron chi connectivity index (χ4n) is 2.29. The maximum Gasteiger partial charge on any atom is 0.269 e. The number of halogens is 1. The summed E-state index contributed by atoms with van der Waals surface area (Å²) in [5.41, 5.74) is 4.63. The molecule has 7 nitrogen and oxygen atoms in total. The van der Waals surface area contributed by atoms with Crippen molar-refractivity contribution in [2.45, 2.75) is 31.4 Å². The summed E-state index contributed by atoms with van der Waals surface area (Å²) in [5.74, 6) is -2.91. The number of nitrogens with two attached hydrogens (primary N) is 1. The summed E-state index contributed by atoms with van der Waals surface area (Å²) in [4.78, 5) is 21.6. The molecule has 1 aromatic rings. The molecule has 0 heterocycles. The number of amides is 1. The highest BCUT2D eigenvalue weighted by atomic mass is 32.2. The molecule has 0 aliphatic heterocycles. The fourth-order valence-corrected chi connectivity index (χ4v) is 3.03. The third kappa shape index (κ3) is 4.31. The molecular weight excluding hydrogens is 315 g/mol. The Morgan fingerprint density at radius 3 is 2.50 bits per heavy atom. The summed E-state index contributed by atoms with van der Waals surface area (Å²) in [7, 11) is 0. The highest BCUT2D eigenvalue weighted by molar-refractivity contribution is 7.80. The van der Waals surface area contributed by atoms with E-state index in [-0.39, 0.29) is 23.6 Å². The van der Waals surface area contributed by atoms with Gasteiger partial charge in [0.2, 0.25) is 5.91 Å². The first kappa shape index (κ1) is 18.2. The molecule has 0 saturated carbocycles. The van der Waals surface area contributed by atoms with Crippen LogP contribution in [0.3, 0.4) is 0 Å². The smallest absolute Gasteiger partial charge is 0.269 e. The van der Waals surface area contributed by atoms with Gasteiger partial charge >= 0.3 is 0 Å². The van der Waals surface area contributed by atoms with Crippen molar-refractivity contribution in [3.8, 4) is 0 Å². The Labute approximate surface area is 129 Å². The Bertz CT molecular complexity index is 594. The van der Waals surface area contributed by atoms with E-state index in [1.807, 2.05) is 0 Å². The number of nitro benzene ring substituents is 1. The van der Waals surface area contributed by atoms with E-state index in [2.05, 4.69) is 0 Å². The van der Waals surface area contributed by atoms with Crippen LogP contribution >= 0.6 is 0 Å². The molecule has 1 aromatic carbocycles. The van der Waals surface area contributed by atoms with E-state index >= 15 is 0 Å². The van der Waals surface area contributed by atoms with E-state index < -0.39 is 38.9 Å². The van der Waals surface area contributed by atoms with Crippen LogP contribution in [0.25, 0.3) is 0 Å². The molecule has 1 rings (SSSR count). The summed E-state index contributed by atoms with van der Waals surface area (Å²) in [5, 5.41) is 9.29. The maximum absolute atomic E-state index is 14.1. The van der Waals surface area contributed by atoms with Gasteiger partial charge in [-0.25, -0.2) is 8.60 Å². The van der Waals surface area contributed by atoms with E-state index in [1.54, 1.807) is 13.8 Å². The number of primary amides is 1. The van der Waals surface area contributed by atoms with Gasteiger partial charge in [-0.15, -0.1) is 0 Å². The van der Waals surface area contributed by atoms with Crippen LogP contribution in [0.15, 0.2) is 18.2 Å². The van der Waals surface area contributed by atoms with Gasteiger partial charge in [-0.3, -0.25) is 14.9 Å². The number of carbonyl (C=O) groups is 1. The highest BCUT2D eigenvalue weighted by Gasteiger charge is 2.35. The van der Waals surface area contributed by atoms with Crippen molar-refractivity contribution in [1.29, 1.82) is 0 Å². The second kappa shape index (κ2) is 7.41. The lowest BCUT2D eigenvalue weighted by Crippen LogP contribution is -2.38. The molecule has 0 aliphatic carbocycles. The van der Waals surface area contributed by atoms with E-state index in [1.165, 1.54) is 0 Å². The van der Waals surface area contributed by atoms with E-state index in [0.29, 0.717) is 0 Å². The third-order valence-corrected chi connectivity index (χ3v) is 4.17. The molecule has 0 fully saturated rings. The van der Waals surface area contributed by atoms with Crippen molar-refractivity contribution in [2.75, 3.05) is 0 Å². The zero-order valence-electron chi connectivity index (χ0n) is 12.1. The lowest BCUT2D eigenvalue weighted by molar-refractivity contribution is -0.385. The lowest BCUT2D eigenvalue weighted by Gasteiger charge is -2.24. The van der Waals surface area contributed by atoms with Gasteiger partial charge in [0.05, 0.1) is 4.92 Å². The SMILES string of the molecule is CC(C)CC(c1cc([N+](=O)[O-])ccc1F)C(C(N)=O)S(=O)O. The minimum Gasteiger partial charge on any atom is -0.369 e. The van der Waals surface area contributed by atoms with Gasteiger partial charge in [-0.05, 0) is 24.0 Å². The van der Waals surface area contributed by atoms with Crippen molar-refractivity contribution in [3.63, 3.8) is 0 Å². The van der Waals surface area contributed by atoms with Crippen LogP contribution in [0, 0.1) is 21.8 Å². The quantitative estimate of drug-likeness (QED) is 0.448. The van der Waals surface area contributed by atoms with Crippen LogP contribution < -0.4 is 5.73 Å². The Hall–Kier alpha value is -1.87. The largest absolute Gasteiger partial charge is 0.369 e. The molecule has 1 amide bonds. The first-order chi connectivity index (χ1) is 10.1. The molecule has 3 N–H and O–H groups in total. The lowest BCUT2D eigenvalue weighted by atomic mass is 9.86. The van der Waals surface area contributed by atoms with Crippen molar-refractivity contribution < 1.29 is 22.9 Å².